The van der Waals surface area contributed by atoms with E-state index in [0.29, 0.717) is 32.3 Å². The summed E-state index contributed by atoms with van der Waals surface area (Å²) in [6.45, 7) is 11.1. The number of rotatable bonds is 6. The third-order valence-electron chi connectivity index (χ3n) is 8.81. The third-order valence-corrected chi connectivity index (χ3v) is 8.81. The molecule has 0 N–H and O–H groups in total. The molecule has 3 fully saturated rings. The number of methoxy groups -OCH3 is 1. The molecule has 210 valence electrons. The van der Waals surface area contributed by atoms with Crippen LogP contribution in [0.3, 0.4) is 0 Å². The van der Waals surface area contributed by atoms with E-state index >= 15 is 0 Å². The molecule has 3 saturated heterocycles. The first-order valence-corrected chi connectivity index (χ1v) is 14.2. The lowest BCUT2D eigenvalue weighted by molar-refractivity contribution is -0.104. The Morgan fingerprint density at radius 2 is 2.00 bits per heavy atom. The number of carbonyl (C=O) groups is 1. The topological polar surface area (TPSA) is 84.1 Å². The lowest BCUT2D eigenvalue weighted by Crippen LogP contribution is -2.56. The summed E-state index contributed by atoms with van der Waals surface area (Å²) in [6.07, 6.45) is 10.2. The van der Waals surface area contributed by atoms with Crippen molar-refractivity contribution in [1.29, 1.82) is 0 Å². The average molecular weight is 537 g/mol. The summed E-state index contributed by atoms with van der Waals surface area (Å²) >= 11 is 0. The van der Waals surface area contributed by atoms with Gasteiger partial charge in [0.05, 0.1) is 35.7 Å². The minimum absolute atomic E-state index is 0.0982. The van der Waals surface area contributed by atoms with Crippen LogP contribution in [0, 0.1) is 5.92 Å². The maximum atomic E-state index is 12.4. The average Bonchev–Trinajstić information content (AvgIpc) is 3.40. The summed E-state index contributed by atoms with van der Waals surface area (Å²) in [5.41, 5.74) is 4.02. The molecule has 0 spiro atoms. The van der Waals surface area contributed by atoms with Gasteiger partial charge in [0.25, 0.3) is 0 Å². The molecule has 10 nitrogen and oxygen atoms in total. The summed E-state index contributed by atoms with van der Waals surface area (Å²) in [4.78, 5) is 24.1. The van der Waals surface area contributed by atoms with E-state index in [0.717, 1.165) is 68.0 Å². The van der Waals surface area contributed by atoms with Gasteiger partial charge in [0.1, 0.15) is 0 Å². The van der Waals surface area contributed by atoms with E-state index in [1.54, 1.807) is 4.90 Å². The van der Waals surface area contributed by atoms with E-state index in [2.05, 4.69) is 59.2 Å². The molecule has 6 heterocycles. The summed E-state index contributed by atoms with van der Waals surface area (Å²) in [5.74, 6) is 0.262. The summed E-state index contributed by atoms with van der Waals surface area (Å²) in [6, 6.07) is 4.75. The second-order valence-corrected chi connectivity index (χ2v) is 11.4. The Hall–Kier alpha value is -2.95. The number of aliphatic imine (C=N–C) groups is 1. The molecule has 4 aliphatic heterocycles. The van der Waals surface area contributed by atoms with Gasteiger partial charge in [0.15, 0.2) is 6.10 Å². The normalized spacial score (nSPS) is 26.7. The van der Waals surface area contributed by atoms with E-state index in [4.69, 9.17) is 19.2 Å². The van der Waals surface area contributed by atoms with E-state index in [1.807, 2.05) is 17.8 Å². The molecule has 2 aromatic heterocycles. The maximum Gasteiger partial charge on any atom is 0.410 e. The minimum atomic E-state index is -0.242. The number of carbonyl (C=O) groups excluding carboxylic acids is 1. The lowest BCUT2D eigenvalue weighted by Gasteiger charge is -2.47. The largest absolute Gasteiger partial charge is 0.441 e. The number of hydrogen-bond acceptors (Lipinski definition) is 8. The van der Waals surface area contributed by atoms with Gasteiger partial charge in [-0.2, -0.15) is 5.10 Å². The minimum Gasteiger partial charge on any atom is -0.441 e. The Balaban J connectivity index is 1.14. The van der Waals surface area contributed by atoms with Crippen molar-refractivity contribution < 1.29 is 19.0 Å². The Morgan fingerprint density at radius 3 is 2.67 bits per heavy atom. The fourth-order valence-electron chi connectivity index (χ4n) is 6.23. The zero-order valence-electron chi connectivity index (χ0n) is 23.3. The molecule has 1 amide bonds. The van der Waals surface area contributed by atoms with Crippen LogP contribution in [0.25, 0.3) is 5.52 Å². The Labute approximate surface area is 230 Å². The highest BCUT2D eigenvalue weighted by Crippen LogP contribution is 2.35. The highest BCUT2D eigenvalue weighted by Gasteiger charge is 2.42. The number of ether oxygens (including phenoxy) is 3. The van der Waals surface area contributed by atoms with Crippen LogP contribution < -0.4 is 4.90 Å². The van der Waals surface area contributed by atoms with Crippen molar-refractivity contribution in [3.8, 4) is 0 Å². The molecule has 2 atom stereocenters. The summed E-state index contributed by atoms with van der Waals surface area (Å²) in [7, 11) is 1.86. The van der Waals surface area contributed by atoms with Gasteiger partial charge in [0, 0.05) is 76.3 Å². The van der Waals surface area contributed by atoms with Gasteiger partial charge in [0.2, 0.25) is 0 Å². The van der Waals surface area contributed by atoms with Crippen molar-refractivity contribution in [3.05, 3.63) is 42.2 Å². The zero-order chi connectivity index (χ0) is 27.0. The fraction of sp³-hybridized carbons (Fsp3) is 0.621. The van der Waals surface area contributed by atoms with Crippen molar-refractivity contribution >= 4 is 23.0 Å². The van der Waals surface area contributed by atoms with Gasteiger partial charge in [-0.15, -0.1) is 0 Å². The van der Waals surface area contributed by atoms with Gasteiger partial charge >= 0.3 is 6.09 Å². The number of fused-ring (bicyclic) bond motifs is 1. The molecule has 2 aromatic rings. The van der Waals surface area contributed by atoms with Crippen molar-refractivity contribution in [2.45, 2.75) is 44.4 Å². The number of aromatic nitrogens is 2. The first-order chi connectivity index (χ1) is 19.0. The smallest absolute Gasteiger partial charge is 0.410 e. The first kappa shape index (κ1) is 26.3. The molecule has 0 saturated carbocycles. The van der Waals surface area contributed by atoms with Crippen molar-refractivity contribution in [1.82, 2.24) is 19.4 Å². The molecular formula is C29H40N6O4. The van der Waals surface area contributed by atoms with Crippen LogP contribution in [0.1, 0.15) is 32.3 Å². The van der Waals surface area contributed by atoms with Crippen molar-refractivity contribution in [2.24, 2.45) is 10.9 Å². The Morgan fingerprint density at radius 1 is 1.18 bits per heavy atom. The number of nitrogens with zero attached hydrogens (tertiary/aromatic N) is 6. The quantitative estimate of drug-likeness (QED) is 0.561. The lowest BCUT2D eigenvalue weighted by atomic mass is 9.78. The van der Waals surface area contributed by atoms with Gasteiger partial charge < -0.3 is 24.0 Å². The second kappa shape index (κ2) is 10.9. The standard InChI is InChI=1S/C29H40N6O4/c1-21(2)34-10-4-8-29(20-34,37-3)23-5-6-25(30-16-23)22-15-27-26(7-9-31-35(27)17-22)32-11-13-33(14-12-32)28(36)39-24-18-38-19-24/h5-7,9,15,17,21,23-24H,4,8,10-14,16,18-20H2,1-3H3/t23?,29-/m0/s1. The number of dihydropyridines is 1. The van der Waals surface area contributed by atoms with E-state index in [-0.39, 0.29) is 23.7 Å². The monoisotopic (exact) mass is 536 g/mol. The predicted octanol–water partition coefficient (Wildman–Crippen LogP) is 2.86. The summed E-state index contributed by atoms with van der Waals surface area (Å²) in [5, 5.41) is 4.57. The van der Waals surface area contributed by atoms with Crippen molar-refractivity contribution in [3.63, 3.8) is 0 Å². The molecule has 6 rings (SSSR count). The number of piperazine rings is 1. The van der Waals surface area contributed by atoms with Crippen LogP contribution in [0.15, 0.2) is 41.7 Å². The predicted molar refractivity (Wildman–Crippen MR) is 150 cm³/mol. The molecule has 4 aliphatic rings. The molecule has 0 aliphatic carbocycles. The Kier molecular flexibility index (Phi) is 7.35. The van der Waals surface area contributed by atoms with Gasteiger partial charge in [-0.25, -0.2) is 9.31 Å². The van der Waals surface area contributed by atoms with Gasteiger partial charge in [-0.1, -0.05) is 6.08 Å². The van der Waals surface area contributed by atoms with Crippen LogP contribution in [0.2, 0.25) is 0 Å². The summed E-state index contributed by atoms with van der Waals surface area (Å²) < 4.78 is 18.7. The van der Waals surface area contributed by atoms with E-state index in [1.165, 1.54) is 0 Å². The number of piperidine rings is 1. The number of anilines is 1. The van der Waals surface area contributed by atoms with Crippen molar-refractivity contribution in [2.75, 3.05) is 71.0 Å². The molecular weight excluding hydrogens is 496 g/mol. The molecule has 39 heavy (non-hydrogen) atoms. The molecule has 0 aromatic carbocycles. The fourth-order valence-corrected chi connectivity index (χ4v) is 6.23. The van der Waals surface area contributed by atoms with Crippen LogP contribution in [-0.4, -0.2) is 115 Å². The highest BCUT2D eigenvalue weighted by atomic mass is 16.6. The number of amides is 1. The number of likely N-dealkylation sites (tertiary alicyclic amines) is 1. The molecule has 0 bridgehead atoms. The maximum absolute atomic E-state index is 12.4. The van der Waals surface area contributed by atoms with E-state index in [9.17, 15) is 4.79 Å². The second-order valence-electron chi connectivity index (χ2n) is 11.4. The van der Waals surface area contributed by atoms with Crippen LogP contribution >= 0.6 is 0 Å². The third kappa shape index (κ3) is 5.17. The van der Waals surface area contributed by atoms with Crippen LogP contribution in [-0.2, 0) is 14.2 Å². The number of hydrogen-bond donors (Lipinski definition) is 0. The number of allylic oxidation sites excluding steroid dienone is 1. The van der Waals surface area contributed by atoms with Gasteiger partial charge in [-0.3, -0.25) is 9.89 Å². The molecule has 10 heteroatoms. The molecule has 0 radical (unpaired) electrons. The SMILES string of the molecule is CO[C@@]1(C2C=CC(c3cc4c(N5CCN(C(=O)OC6COC6)CC5)ccnn4c3)=NC2)CCCN(C(C)C)C1. The highest BCUT2D eigenvalue weighted by molar-refractivity contribution is 6.10. The molecule has 1 unspecified atom stereocenters. The Bertz CT molecular complexity index is 1250. The van der Waals surface area contributed by atoms with Crippen LogP contribution in [0.4, 0.5) is 10.5 Å². The van der Waals surface area contributed by atoms with Gasteiger partial charge in [-0.05, 0) is 51.4 Å². The first-order valence-electron chi connectivity index (χ1n) is 14.2. The van der Waals surface area contributed by atoms with Crippen LogP contribution in [0.5, 0.6) is 0 Å². The van der Waals surface area contributed by atoms with E-state index < -0.39 is 0 Å². The zero-order valence-corrected chi connectivity index (χ0v) is 23.3.